The number of piperidine rings is 1. The third-order valence-electron chi connectivity index (χ3n) is 6.05. The number of nitrogens with one attached hydrogen (secondary N) is 3. The predicted octanol–water partition coefficient (Wildman–Crippen LogP) is 2.24. The molecule has 3 amide bonds. The van der Waals surface area contributed by atoms with Crippen molar-refractivity contribution in [3.8, 4) is 0 Å². The predicted molar refractivity (Wildman–Crippen MR) is 127 cm³/mol. The van der Waals surface area contributed by atoms with Gasteiger partial charge in [0.25, 0.3) is 5.91 Å². The Hall–Kier alpha value is -2.43. The molecule has 1 unspecified atom stereocenters. The minimum absolute atomic E-state index is 0. The number of likely N-dealkylation sites (tertiary alicyclic amines) is 1. The Kier molecular flexibility index (Phi) is 6.79. The first-order valence-electron chi connectivity index (χ1n) is 9.93. The smallest absolute Gasteiger partial charge is 0.322 e. The van der Waals surface area contributed by atoms with Crippen LogP contribution in [0, 0.1) is 5.92 Å². The molecule has 0 bridgehead atoms. The monoisotopic (exact) mass is 522 g/mol. The maximum Gasteiger partial charge on any atom is 0.322 e. The number of benzene rings is 1. The van der Waals surface area contributed by atoms with Gasteiger partial charge < -0.3 is 15.5 Å². The van der Waals surface area contributed by atoms with Crippen LogP contribution in [0.5, 0.6) is 0 Å². The van der Waals surface area contributed by atoms with Crippen molar-refractivity contribution in [2.45, 2.75) is 31.8 Å². The zero-order valence-electron chi connectivity index (χ0n) is 17.1. The molecule has 2 aromatic rings. The van der Waals surface area contributed by atoms with Crippen LogP contribution in [0.2, 0.25) is 0 Å². The van der Waals surface area contributed by atoms with Crippen molar-refractivity contribution < 1.29 is 9.59 Å². The number of aliphatic imine (C=N–C) groups is 1. The number of amides is 3. The lowest BCUT2D eigenvalue weighted by atomic mass is 9.79. The van der Waals surface area contributed by atoms with Gasteiger partial charge in [-0.3, -0.25) is 20.1 Å². The topological polar surface area (TPSA) is 98.7 Å². The zero-order valence-corrected chi connectivity index (χ0v) is 19.5. The lowest BCUT2D eigenvalue weighted by Gasteiger charge is -2.39. The van der Waals surface area contributed by atoms with Gasteiger partial charge in [-0.1, -0.05) is 24.3 Å². The molecule has 0 radical (unpaired) electrons. The summed E-state index contributed by atoms with van der Waals surface area (Å²) < 4.78 is 0. The van der Waals surface area contributed by atoms with Crippen LogP contribution in [0.4, 0.5) is 4.79 Å². The Morgan fingerprint density at radius 3 is 2.67 bits per heavy atom. The van der Waals surface area contributed by atoms with Gasteiger partial charge in [0.05, 0.1) is 5.52 Å². The average molecular weight is 522 g/mol. The highest BCUT2D eigenvalue weighted by molar-refractivity contribution is 14.0. The van der Waals surface area contributed by atoms with Crippen LogP contribution >= 0.6 is 24.0 Å². The number of pyridine rings is 1. The van der Waals surface area contributed by atoms with Crippen LogP contribution in [-0.2, 0) is 11.3 Å². The normalized spacial score (nSPS) is 22.5. The summed E-state index contributed by atoms with van der Waals surface area (Å²) in [6, 6.07) is 9.77. The lowest BCUT2D eigenvalue weighted by Crippen LogP contribution is -2.55. The summed E-state index contributed by atoms with van der Waals surface area (Å²) in [5.41, 5.74) is 1.29. The molecular weight excluding hydrogens is 495 g/mol. The van der Waals surface area contributed by atoms with Crippen molar-refractivity contribution in [1.82, 2.24) is 25.8 Å². The van der Waals surface area contributed by atoms with Gasteiger partial charge in [-0.05, 0) is 37.3 Å². The van der Waals surface area contributed by atoms with Gasteiger partial charge in [0.2, 0.25) is 0 Å². The number of aromatic nitrogens is 1. The first kappa shape index (κ1) is 22.3. The Morgan fingerprint density at radius 1 is 1.27 bits per heavy atom. The minimum atomic E-state index is -0.825. The molecule has 2 fully saturated rings. The molecule has 0 spiro atoms. The number of hydrogen-bond acceptors (Lipinski definition) is 4. The average Bonchev–Trinajstić information content (AvgIpc) is 3.01. The van der Waals surface area contributed by atoms with E-state index in [4.69, 9.17) is 0 Å². The summed E-state index contributed by atoms with van der Waals surface area (Å²) in [4.78, 5) is 34.9. The van der Waals surface area contributed by atoms with Crippen molar-refractivity contribution >= 4 is 52.8 Å². The number of rotatable bonds is 3. The van der Waals surface area contributed by atoms with E-state index < -0.39 is 11.6 Å². The fourth-order valence-corrected chi connectivity index (χ4v) is 4.33. The summed E-state index contributed by atoms with van der Waals surface area (Å²) >= 11 is 0. The van der Waals surface area contributed by atoms with Gasteiger partial charge in [-0.2, -0.15) is 0 Å². The van der Waals surface area contributed by atoms with Crippen LogP contribution in [0.1, 0.15) is 25.3 Å². The third-order valence-corrected chi connectivity index (χ3v) is 6.05. The van der Waals surface area contributed by atoms with E-state index in [1.807, 2.05) is 25.3 Å². The van der Waals surface area contributed by atoms with Gasteiger partial charge in [-0.15, -0.1) is 24.0 Å². The van der Waals surface area contributed by atoms with E-state index >= 15 is 0 Å². The molecule has 160 valence electrons. The maximum absolute atomic E-state index is 12.2. The van der Waals surface area contributed by atoms with E-state index in [0.717, 1.165) is 48.4 Å². The van der Waals surface area contributed by atoms with Gasteiger partial charge >= 0.3 is 6.03 Å². The van der Waals surface area contributed by atoms with Crippen molar-refractivity contribution in [2.75, 3.05) is 20.1 Å². The molecule has 2 saturated heterocycles. The first-order valence-corrected chi connectivity index (χ1v) is 9.93. The number of urea groups is 1. The Labute approximate surface area is 192 Å². The molecule has 0 aliphatic carbocycles. The molecule has 30 heavy (non-hydrogen) atoms. The van der Waals surface area contributed by atoms with Crippen LogP contribution in [-0.4, -0.2) is 53.5 Å². The maximum atomic E-state index is 12.2. The van der Waals surface area contributed by atoms with E-state index in [-0.39, 0.29) is 35.8 Å². The zero-order chi connectivity index (χ0) is 20.4. The molecule has 2 aliphatic heterocycles. The summed E-state index contributed by atoms with van der Waals surface area (Å²) in [6.45, 7) is 4.00. The number of para-hydroxylation sites is 1. The van der Waals surface area contributed by atoms with Gasteiger partial charge in [0.15, 0.2) is 5.96 Å². The summed E-state index contributed by atoms with van der Waals surface area (Å²) in [5.74, 6) is 0.707. The number of guanidine groups is 1. The second-order valence-corrected chi connectivity index (χ2v) is 7.76. The number of carbonyl (C=O) groups is 2. The van der Waals surface area contributed by atoms with Crippen molar-refractivity contribution in [1.29, 1.82) is 0 Å². The highest BCUT2D eigenvalue weighted by Crippen LogP contribution is 2.30. The largest absolute Gasteiger partial charge is 0.352 e. The highest BCUT2D eigenvalue weighted by atomic mass is 127. The molecule has 1 aromatic carbocycles. The van der Waals surface area contributed by atoms with Crippen molar-refractivity contribution in [3.05, 3.63) is 42.1 Å². The highest BCUT2D eigenvalue weighted by Gasteiger charge is 2.48. The van der Waals surface area contributed by atoms with E-state index in [2.05, 4.69) is 49.0 Å². The molecule has 4 rings (SSSR count). The Morgan fingerprint density at radius 2 is 2.00 bits per heavy atom. The SMILES string of the molecule is CN=C(NCc1cccc2cccnc12)N1CCC(C2(C)NC(=O)NC2=O)CC1.I. The number of fused-ring (bicyclic) bond motifs is 1. The van der Waals surface area contributed by atoms with Gasteiger partial charge in [0.1, 0.15) is 5.54 Å². The number of carbonyl (C=O) groups excluding carboxylic acids is 2. The van der Waals surface area contributed by atoms with Gasteiger partial charge in [0, 0.05) is 38.3 Å². The van der Waals surface area contributed by atoms with Crippen molar-refractivity contribution in [3.63, 3.8) is 0 Å². The fraction of sp³-hybridized carbons (Fsp3) is 0.429. The second kappa shape index (κ2) is 9.15. The lowest BCUT2D eigenvalue weighted by molar-refractivity contribution is -0.125. The molecule has 0 saturated carbocycles. The molecule has 9 heteroatoms. The number of imide groups is 1. The molecule has 3 N–H and O–H groups in total. The molecule has 2 aliphatic rings. The molecule has 3 heterocycles. The molecular formula is C21H27IN6O2. The molecule has 8 nitrogen and oxygen atoms in total. The summed E-state index contributed by atoms with van der Waals surface area (Å²) in [7, 11) is 1.78. The van der Waals surface area contributed by atoms with E-state index in [1.54, 1.807) is 7.05 Å². The number of halogens is 1. The second-order valence-electron chi connectivity index (χ2n) is 7.76. The minimum Gasteiger partial charge on any atom is -0.352 e. The number of nitrogens with zero attached hydrogens (tertiary/aromatic N) is 3. The van der Waals surface area contributed by atoms with Gasteiger partial charge in [-0.25, -0.2) is 4.79 Å². The first-order chi connectivity index (χ1) is 14.0. The molecule has 1 aromatic heterocycles. The van der Waals surface area contributed by atoms with Crippen LogP contribution in [0.3, 0.4) is 0 Å². The number of hydrogen-bond donors (Lipinski definition) is 3. The van der Waals surface area contributed by atoms with Crippen LogP contribution in [0.25, 0.3) is 10.9 Å². The van der Waals surface area contributed by atoms with Crippen LogP contribution < -0.4 is 16.0 Å². The van der Waals surface area contributed by atoms with E-state index in [0.29, 0.717) is 6.54 Å². The molecule has 1 atom stereocenters. The summed E-state index contributed by atoms with van der Waals surface area (Å²) in [5, 5.41) is 9.72. The standard InChI is InChI=1S/C21H26N6O2.HI/c1-21(18(28)25-20(29)26-21)16-8-11-27(12-9-16)19(22-2)24-13-15-6-3-5-14-7-4-10-23-17(14)15;/h3-7,10,16H,8-9,11-13H2,1-2H3,(H,22,24)(H2,25,26,28,29);1H. The fourth-order valence-electron chi connectivity index (χ4n) is 4.33. The summed E-state index contributed by atoms with van der Waals surface area (Å²) in [6.07, 6.45) is 3.42. The van der Waals surface area contributed by atoms with E-state index in [1.165, 1.54) is 0 Å². The van der Waals surface area contributed by atoms with Crippen molar-refractivity contribution in [2.24, 2.45) is 10.9 Å². The van der Waals surface area contributed by atoms with E-state index in [9.17, 15) is 9.59 Å². The quantitative estimate of drug-likeness (QED) is 0.249. The Balaban J connectivity index is 0.00000256. The van der Waals surface area contributed by atoms with Crippen LogP contribution in [0.15, 0.2) is 41.5 Å². The third kappa shape index (κ3) is 4.21. The Bertz CT molecular complexity index is 968.